The Bertz CT molecular complexity index is 593. The number of rotatable bonds is 3. The van der Waals surface area contributed by atoms with Crippen molar-refractivity contribution < 1.29 is 9.21 Å². The van der Waals surface area contributed by atoms with Gasteiger partial charge in [-0.15, -0.1) is 0 Å². The Morgan fingerprint density at radius 2 is 2.11 bits per heavy atom. The number of nitrogens with two attached hydrogens (primary N) is 1. The lowest BCUT2D eigenvalue weighted by molar-refractivity contribution is 0.0956. The molecule has 0 spiro atoms. The van der Waals surface area contributed by atoms with E-state index < -0.39 is 0 Å². The van der Waals surface area contributed by atoms with E-state index in [4.69, 9.17) is 10.2 Å². The SMILES string of the molecule is Nc1ccccc1C(=O)NN=Cc1ccc(Br)o1. The Morgan fingerprint density at radius 1 is 1.33 bits per heavy atom. The highest BCUT2D eigenvalue weighted by molar-refractivity contribution is 9.10. The molecule has 92 valence electrons. The number of nitrogens with zero attached hydrogens (tertiary/aromatic N) is 1. The average molecular weight is 308 g/mol. The first-order chi connectivity index (χ1) is 8.66. The van der Waals surface area contributed by atoms with Gasteiger partial charge >= 0.3 is 0 Å². The highest BCUT2D eigenvalue weighted by Gasteiger charge is 2.06. The number of amides is 1. The van der Waals surface area contributed by atoms with Crippen molar-refractivity contribution in [2.75, 3.05) is 5.73 Å². The molecule has 0 aliphatic rings. The summed E-state index contributed by atoms with van der Waals surface area (Å²) in [6, 6.07) is 10.2. The number of nitrogen functional groups attached to an aromatic ring is 1. The topological polar surface area (TPSA) is 80.6 Å². The molecule has 0 aliphatic heterocycles. The van der Waals surface area contributed by atoms with Crippen molar-refractivity contribution in [2.45, 2.75) is 0 Å². The van der Waals surface area contributed by atoms with Gasteiger partial charge in [-0.1, -0.05) is 12.1 Å². The predicted molar refractivity (Wildman–Crippen MR) is 72.3 cm³/mol. The number of hydrogen-bond acceptors (Lipinski definition) is 4. The molecule has 0 aliphatic carbocycles. The lowest BCUT2D eigenvalue weighted by Crippen LogP contribution is -2.18. The second-order valence-electron chi connectivity index (χ2n) is 3.43. The minimum absolute atomic E-state index is 0.366. The van der Waals surface area contributed by atoms with Gasteiger partial charge in [0.05, 0.1) is 11.8 Å². The Balaban J connectivity index is 2.01. The second-order valence-corrected chi connectivity index (χ2v) is 4.21. The first-order valence-corrected chi connectivity index (χ1v) is 5.89. The molecule has 0 atom stereocenters. The Kier molecular flexibility index (Phi) is 3.78. The number of halogens is 1. The van der Waals surface area contributed by atoms with Crippen LogP contribution >= 0.6 is 15.9 Å². The predicted octanol–water partition coefficient (Wildman–Crippen LogP) is 2.39. The van der Waals surface area contributed by atoms with Gasteiger partial charge < -0.3 is 10.2 Å². The minimum atomic E-state index is -0.366. The maximum atomic E-state index is 11.7. The van der Waals surface area contributed by atoms with E-state index in [2.05, 4.69) is 26.5 Å². The Labute approximate surface area is 112 Å². The van der Waals surface area contributed by atoms with Crippen LogP contribution in [0.2, 0.25) is 0 Å². The number of hydrazone groups is 1. The summed E-state index contributed by atoms with van der Waals surface area (Å²) in [5, 5.41) is 3.78. The number of hydrogen-bond donors (Lipinski definition) is 2. The van der Waals surface area contributed by atoms with Gasteiger partial charge in [0, 0.05) is 5.69 Å². The van der Waals surface area contributed by atoms with E-state index in [0.29, 0.717) is 21.7 Å². The summed E-state index contributed by atoms with van der Waals surface area (Å²) in [5.41, 5.74) is 8.84. The first-order valence-electron chi connectivity index (χ1n) is 5.10. The van der Waals surface area contributed by atoms with Crippen LogP contribution in [0.4, 0.5) is 5.69 Å². The second kappa shape index (κ2) is 5.50. The molecular weight excluding hydrogens is 298 g/mol. The van der Waals surface area contributed by atoms with Crippen molar-refractivity contribution in [3.63, 3.8) is 0 Å². The molecule has 2 rings (SSSR count). The molecule has 6 heteroatoms. The van der Waals surface area contributed by atoms with E-state index in [-0.39, 0.29) is 5.91 Å². The molecule has 5 nitrogen and oxygen atoms in total. The summed E-state index contributed by atoms with van der Waals surface area (Å²) in [7, 11) is 0. The number of anilines is 1. The molecule has 0 saturated heterocycles. The van der Waals surface area contributed by atoms with Gasteiger partial charge in [-0.3, -0.25) is 4.79 Å². The van der Waals surface area contributed by atoms with E-state index in [9.17, 15) is 4.79 Å². The largest absolute Gasteiger partial charge is 0.448 e. The fourth-order valence-electron chi connectivity index (χ4n) is 1.32. The minimum Gasteiger partial charge on any atom is -0.448 e. The van der Waals surface area contributed by atoms with Crippen molar-refractivity contribution >= 4 is 33.7 Å². The number of nitrogens with one attached hydrogen (secondary N) is 1. The van der Waals surface area contributed by atoms with Crippen molar-refractivity contribution in [3.05, 3.63) is 52.4 Å². The fraction of sp³-hybridized carbons (Fsp3) is 0. The maximum Gasteiger partial charge on any atom is 0.273 e. The number of benzene rings is 1. The molecule has 2 aromatic rings. The van der Waals surface area contributed by atoms with Gasteiger partial charge in [-0.2, -0.15) is 5.10 Å². The summed E-state index contributed by atoms with van der Waals surface area (Å²) in [4.78, 5) is 11.7. The van der Waals surface area contributed by atoms with E-state index in [1.807, 2.05) is 0 Å². The van der Waals surface area contributed by atoms with Crippen LogP contribution in [-0.2, 0) is 0 Å². The number of carbonyl (C=O) groups is 1. The molecule has 3 N–H and O–H groups in total. The van der Waals surface area contributed by atoms with Gasteiger partial charge in [0.15, 0.2) is 4.67 Å². The molecule has 0 saturated carbocycles. The number of carbonyl (C=O) groups excluding carboxylic acids is 1. The quantitative estimate of drug-likeness (QED) is 0.519. The van der Waals surface area contributed by atoms with Crippen LogP contribution in [0.1, 0.15) is 16.1 Å². The van der Waals surface area contributed by atoms with Gasteiger partial charge in [0.25, 0.3) is 5.91 Å². The molecule has 1 heterocycles. The molecule has 18 heavy (non-hydrogen) atoms. The van der Waals surface area contributed by atoms with Crippen molar-refractivity contribution in [3.8, 4) is 0 Å². The molecule has 0 radical (unpaired) electrons. The lowest BCUT2D eigenvalue weighted by Gasteiger charge is -2.02. The molecule has 0 bridgehead atoms. The van der Waals surface area contributed by atoms with Crippen molar-refractivity contribution in [1.82, 2.24) is 5.43 Å². The molecular formula is C12H10BrN3O2. The monoisotopic (exact) mass is 307 g/mol. The molecule has 1 aromatic heterocycles. The molecule has 1 aromatic carbocycles. The van der Waals surface area contributed by atoms with Crippen molar-refractivity contribution in [2.24, 2.45) is 5.10 Å². The Hall–Kier alpha value is -2.08. The van der Waals surface area contributed by atoms with Gasteiger partial charge in [0.1, 0.15) is 5.76 Å². The summed E-state index contributed by atoms with van der Waals surface area (Å²) >= 11 is 3.17. The third-order valence-corrected chi connectivity index (χ3v) is 2.58. The van der Waals surface area contributed by atoms with Crippen molar-refractivity contribution in [1.29, 1.82) is 0 Å². The van der Waals surface area contributed by atoms with E-state index in [1.165, 1.54) is 6.21 Å². The third-order valence-electron chi connectivity index (χ3n) is 2.16. The molecule has 0 unspecified atom stereocenters. The van der Waals surface area contributed by atoms with E-state index >= 15 is 0 Å². The van der Waals surface area contributed by atoms with Gasteiger partial charge in [-0.05, 0) is 40.2 Å². The van der Waals surface area contributed by atoms with Gasteiger partial charge in [0.2, 0.25) is 0 Å². The zero-order chi connectivity index (χ0) is 13.0. The molecule has 0 fully saturated rings. The standard InChI is InChI=1S/C12H10BrN3O2/c13-11-6-5-8(18-11)7-15-16-12(17)9-3-1-2-4-10(9)14/h1-7H,14H2,(H,16,17). The smallest absolute Gasteiger partial charge is 0.273 e. The third kappa shape index (κ3) is 2.98. The van der Waals surface area contributed by atoms with Crippen LogP contribution in [0.5, 0.6) is 0 Å². The van der Waals surface area contributed by atoms with E-state index in [1.54, 1.807) is 36.4 Å². The number of furan rings is 1. The zero-order valence-electron chi connectivity index (χ0n) is 9.26. The highest BCUT2D eigenvalue weighted by atomic mass is 79.9. The maximum absolute atomic E-state index is 11.7. The molecule has 1 amide bonds. The summed E-state index contributed by atoms with van der Waals surface area (Å²) < 4.78 is 5.79. The Morgan fingerprint density at radius 3 is 2.78 bits per heavy atom. The van der Waals surface area contributed by atoms with Crippen LogP contribution < -0.4 is 11.2 Å². The average Bonchev–Trinajstić information content (AvgIpc) is 2.75. The van der Waals surface area contributed by atoms with Crippen LogP contribution in [0.15, 0.2) is 50.6 Å². The number of para-hydroxylation sites is 1. The first kappa shape index (κ1) is 12.4. The van der Waals surface area contributed by atoms with Crippen LogP contribution in [-0.4, -0.2) is 12.1 Å². The normalized spacial score (nSPS) is 10.7. The summed E-state index contributed by atoms with van der Waals surface area (Å²) in [5.74, 6) is 0.165. The zero-order valence-corrected chi connectivity index (χ0v) is 10.8. The highest BCUT2D eigenvalue weighted by Crippen LogP contribution is 2.12. The summed E-state index contributed by atoms with van der Waals surface area (Å²) in [6.07, 6.45) is 1.40. The van der Waals surface area contributed by atoms with Gasteiger partial charge in [-0.25, -0.2) is 5.43 Å². The summed E-state index contributed by atoms with van der Waals surface area (Å²) in [6.45, 7) is 0. The van der Waals surface area contributed by atoms with Crippen LogP contribution in [0.25, 0.3) is 0 Å². The van der Waals surface area contributed by atoms with Crippen LogP contribution in [0, 0.1) is 0 Å². The fourth-order valence-corrected chi connectivity index (χ4v) is 1.64. The lowest BCUT2D eigenvalue weighted by atomic mass is 10.2. The van der Waals surface area contributed by atoms with Crippen LogP contribution in [0.3, 0.4) is 0 Å². The van der Waals surface area contributed by atoms with E-state index in [0.717, 1.165) is 0 Å².